The first-order chi connectivity index (χ1) is 14.6. The summed E-state index contributed by atoms with van der Waals surface area (Å²) in [5.41, 5.74) is 3.38. The Bertz CT molecular complexity index is 1030. The van der Waals surface area contributed by atoms with E-state index in [0.717, 1.165) is 37.6 Å². The lowest BCUT2D eigenvalue weighted by Crippen LogP contribution is -2.09. The van der Waals surface area contributed by atoms with Crippen molar-refractivity contribution in [2.24, 2.45) is 0 Å². The molecule has 0 saturated carbocycles. The number of hydrogen-bond donors (Lipinski definition) is 1. The van der Waals surface area contributed by atoms with Gasteiger partial charge in [-0.25, -0.2) is 4.79 Å². The average Bonchev–Trinajstić information content (AvgIpc) is 2.77. The summed E-state index contributed by atoms with van der Waals surface area (Å²) in [6, 6.07) is 23.8. The van der Waals surface area contributed by atoms with Crippen molar-refractivity contribution in [3.63, 3.8) is 0 Å². The third-order valence-corrected chi connectivity index (χ3v) is 6.18. The molecule has 0 fully saturated rings. The number of carbonyl (C=O) groups is 1. The molecule has 3 rings (SSSR count). The van der Waals surface area contributed by atoms with Gasteiger partial charge in [-0.05, 0) is 63.0 Å². The van der Waals surface area contributed by atoms with Crippen LogP contribution in [-0.2, 0) is 4.79 Å². The molecule has 0 aliphatic rings. The first-order valence-corrected chi connectivity index (χ1v) is 11.0. The van der Waals surface area contributed by atoms with Gasteiger partial charge in [0.05, 0.1) is 7.11 Å². The molecule has 0 radical (unpaired) electrons. The van der Waals surface area contributed by atoms with Gasteiger partial charge in [0, 0.05) is 15.1 Å². The number of methoxy groups -OCH3 is 1. The van der Waals surface area contributed by atoms with Crippen molar-refractivity contribution in [2.45, 2.75) is 4.90 Å². The second kappa shape index (κ2) is 10.9. The summed E-state index contributed by atoms with van der Waals surface area (Å²) >= 11 is 5.23. The molecule has 0 bridgehead atoms. The van der Waals surface area contributed by atoms with Crippen molar-refractivity contribution in [1.29, 1.82) is 0 Å². The van der Waals surface area contributed by atoms with Gasteiger partial charge in [0.1, 0.15) is 11.5 Å². The van der Waals surface area contributed by atoms with Gasteiger partial charge < -0.3 is 14.6 Å². The van der Waals surface area contributed by atoms with E-state index < -0.39 is 5.97 Å². The van der Waals surface area contributed by atoms with Gasteiger partial charge in [-0.3, -0.25) is 0 Å². The Kier molecular flexibility index (Phi) is 7.99. The van der Waals surface area contributed by atoms with Crippen LogP contribution in [0.1, 0.15) is 11.1 Å². The van der Waals surface area contributed by atoms with Crippen molar-refractivity contribution in [1.82, 2.24) is 0 Å². The number of hydrogen-bond acceptors (Lipinski definition) is 4. The third kappa shape index (κ3) is 6.15. The number of rotatable bonds is 9. The lowest BCUT2D eigenvalue weighted by atomic mass is 9.98. The number of aliphatic carboxylic acids is 1. The first kappa shape index (κ1) is 22.0. The standard InChI is InChI=1S/C24H21BrO4S/c1-28-19-9-5-8-18(14-19)21(17-6-3-2-4-7-17)12-13-30-23-11-10-20(15-22(23)25)29-16-24(26)27/h2-12,14-15H,13,16H2,1H3,(H,26,27). The van der Waals surface area contributed by atoms with E-state index in [1.165, 1.54) is 0 Å². The first-order valence-electron chi connectivity index (χ1n) is 9.24. The molecular weight excluding hydrogens is 464 g/mol. The van der Waals surface area contributed by atoms with E-state index in [1.807, 2.05) is 42.5 Å². The summed E-state index contributed by atoms with van der Waals surface area (Å²) < 4.78 is 11.5. The van der Waals surface area contributed by atoms with Crippen LogP contribution in [0.3, 0.4) is 0 Å². The Labute approximate surface area is 188 Å². The smallest absolute Gasteiger partial charge is 0.341 e. The van der Waals surface area contributed by atoms with Gasteiger partial charge in [0.25, 0.3) is 0 Å². The maximum Gasteiger partial charge on any atom is 0.341 e. The van der Waals surface area contributed by atoms with Crippen LogP contribution in [0.4, 0.5) is 0 Å². The van der Waals surface area contributed by atoms with Crippen molar-refractivity contribution in [3.8, 4) is 11.5 Å². The van der Waals surface area contributed by atoms with Crippen LogP contribution in [0.5, 0.6) is 11.5 Å². The van der Waals surface area contributed by atoms with Crippen LogP contribution in [0, 0.1) is 0 Å². The zero-order valence-electron chi connectivity index (χ0n) is 16.4. The van der Waals surface area contributed by atoms with E-state index in [9.17, 15) is 4.79 Å². The molecule has 6 heteroatoms. The lowest BCUT2D eigenvalue weighted by Gasteiger charge is -2.11. The minimum absolute atomic E-state index is 0.358. The molecule has 0 spiro atoms. The molecule has 3 aromatic rings. The molecule has 0 saturated heterocycles. The van der Waals surface area contributed by atoms with Crippen LogP contribution >= 0.6 is 27.7 Å². The Balaban J connectivity index is 1.79. The quantitative estimate of drug-likeness (QED) is 0.369. The molecule has 0 aliphatic carbocycles. The summed E-state index contributed by atoms with van der Waals surface area (Å²) in [4.78, 5) is 11.7. The van der Waals surface area contributed by atoms with Gasteiger partial charge in [0.2, 0.25) is 0 Å². The Morgan fingerprint density at radius 1 is 1.00 bits per heavy atom. The van der Waals surface area contributed by atoms with E-state index in [4.69, 9.17) is 14.6 Å². The highest BCUT2D eigenvalue weighted by atomic mass is 79.9. The average molecular weight is 485 g/mol. The van der Waals surface area contributed by atoms with E-state index in [1.54, 1.807) is 31.0 Å². The Hall–Kier alpha value is -2.70. The van der Waals surface area contributed by atoms with E-state index in [2.05, 4.69) is 40.2 Å². The van der Waals surface area contributed by atoms with Crippen molar-refractivity contribution in [2.75, 3.05) is 19.5 Å². The van der Waals surface area contributed by atoms with Crippen LogP contribution in [0.2, 0.25) is 0 Å². The molecule has 1 N–H and O–H groups in total. The molecule has 0 heterocycles. The fraction of sp³-hybridized carbons (Fsp3) is 0.125. The van der Waals surface area contributed by atoms with Crippen molar-refractivity contribution >= 4 is 39.2 Å². The molecule has 0 atom stereocenters. The van der Waals surface area contributed by atoms with Gasteiger partial charge in [-0.2, -0.15) is 0 Å². The van der Waals surface area contributed by atoms with Crippen molar-refractivity contribution < 1.29 is 19.4 Å². The van der Waals surface area contributed by atoms with Crippen LogP contribution in [0.15, 0.2) is 88.2 Å². The van der Waals surface area contributed by atoms with Gasteiger partial charge in [0.15, 0.2) is 6.61 Å². The molecule has 154 valence electrons. The molecule has 0 amide bonds. The van der Waals surface area contributed by atoms with E-state index in [-0.39, 0.29) is 6.61 Å². The largest absolute Gasteiger partial charge is 0.497 e. The number of halogens is 1. The van der Waals surface area contributed by atoms with Crippen molar-refractivity contribution in [3.05, 3.63) is 94.5 Å². The number of thioether (sulfide) groups is 1. The monoisotopic (exact) mass is 484 g/mol. The Morgan fingerprint density at radius 2 is 1.77 bits per heavy atom. The normalized spacial score (nSPS) is 11.2. The van der Waals surface area contributed by atoms with Crippen LogP contribution in [0.25, 0.3) is 5.57 Å². The number of benzene rings is 3. The van der Waals surface area contributed by atoms with E-state index in [0.29, 0.717) is 5.75 Å². The minimum atomic E-state index is -0.999. The second-order valence-corrected chi connectivity index (χ2v) is 8.22. The SMILES string of the molecule is COc1cccc(C(=CCSc2ccc(OCC(=O)O)cc2Br)c2ccccc2)c1. The maximum atomic E-state index is 10.6. The zero-order chi connectivity index (χ0) is 21.3. The molecule has 30 heavy (non-hydrogen) atoms. The minimum Gasteiger partial charge on any atom is -0.497 e. The number of carboxylic acid groups (broad SMARTS) is 1. The summed E-state index contributed by atoms with van der Waals surface area (Å²) in [7, 11) is 1.67. The van der Waals surface area contributed by atoms with Crippen LogP contribution in [-0.4, -0.2) is 30.5 Å². The van der Waals surface area contributed by atoms with E-state index >= 15 is 0 Å². The fourth-order valence-electron chi connectivity index (χ4n) is 2.86. The molecule has 0 aromatic heterocycles. The molecule has 3 aromatic carbocycles. The zero-order valence-corrected chi connectivity index (χ0v) is 18.8. The third-order valence-electron chi connectivity index (χ3n) is 4.26. The topological polar surface area (TPSA) is 55.8 Å². The van der Waals surface area contributed by atoms with Crippen LogP contribution < -0.4 is 9.47 Å². The second-order valence-electron chi connectivity index (χ2n) is 6.30. The predicted molar refractivity (Wildman–Crippen MR) is 125 cm³/mol. The van der Waals surface area contributed by atoms with Gasteiger partial charge in [-0.1, -0.05) is 48.5 Å². The van der Waals surface area contributed by atoms with Gasteiger partial charge >= 0.3 is 5.97 Å². The molecule has 0 aliphatic heterocycles. The maximum absolute atomic E-state index is 10.6. The Morgan fingerprint density at radius 3 is 2.47 bits per heavy atom. The summed E-state index contributed by atoms with van der Waals surface area (Å²) in [5.74, 6) is 1.10. The molecule has 0 unspecified atom stereocenters. The number of ether oxygens (including phenoxy) is 2. The summed E-state index contributed by atoms with van der Waals surface area (Å²) in [6.45, 7) is -0.358. The fourth-order valence-corrected chi connectivity index (χ4v) is 4.35. The highest BCUT2D eigenvalue weighted by Crippen LogP contribution is 2.33. The highest BCUT2D eigenvalue weighted by Gasteiger charge is 2.08. The number of carboxylic acids is 1. The van der Waals surface area contributed by atoms with Gasteiger partial charge in [-0.15, -0.1) is 11.8 Å². The lowest BCUT2D eigenvalue weighted by molar-refractivity contribution is -0.139. The summed E-state index contributed by atoms with van der Waals surface area (Å²) in [6.07, 6.45) is 2.20. The molecule has 4 nitrogen and oxygen atoms in total. The highest BCUT2D eigenvalue weighted by molar-refractivity contribution is 9.10. The summed E-state index contributed by atoms with van der Waals surface area (Å²) in [5, 5.41) is 8.73. The predicted octanol–water partition coefficient (Wildman–Crippen LogP) is 6.15. The molecular formula is C24H21BrO4S.